The maximum absolute atomic E-state index is 10.8. The van der Waals surface area contributed by atoms with Gasteiger partial charge < -0.3 is 14.8 Å². The first-order valence-corrected chi connectivity index (χ1v) is 6.75. The number of fused-ring (bicyclic) bond motifs is 1. The molecule has 6 heteroatoms. The standard InChI is InChI=1S/C9H12N2O2S2/c1-11-8-5-6(15(12)13)3-4-7(8)10-9(11)14-2/h3-5,9-10H,1-2H3,(H,12,13)/p-1. The third-order valence-electron chi connectivity index (χ3n) is 2.40. The summed E-state index contributed by atoms with van der Waals surface area (Å²) in [5.41, 5.74) is 2.08. The van der Waals surface area contributed by atoms with Gasteiger partial charge >= 0.3 is 0 Å². The Labute approximate surface area is 95.3 Å². The molecule has 0 spiro atoms. The molecular formula is C9H11N2O2S2-. The largest absolute Gasteiger partial charge is 0.768 e. The van der Waals surface area contributed by atoms with Crippen LogP contribution in [-0.4, -0.2) is 27.6 Å². The zero-order chi connectivity index (χ0) is 11.0. The van der Waals surface area contributed by atoms with Crippen LogP contribution < -0.4 is 10.2 Å². The summed E-state index contributed by atoms with van der Waals surface area (Å²) >= 11 is -0.489. The number of anilines is 2. The quantitative estimate of drug-likeness (QED) is 0.796. The Balaban J connectivity index is 2.39. The molecule has 2 rings (SSSR count). The monoisotopic (exact) mass is 243 g/mol. The fourth-order valence-electron chi connectivity index (χ4n) is 1.60. The minimum absolute atomic E-state index is 0.176. The van der Waals surface area contributed by atoms with Gasteiger partial charge in [-0.1, -0.05) is 0 Å². The van der Waals surface area contributed by atoms with E-state index in [9.17, 15) is 8.76 Å². The Morgan fingerprint density at radius 1 is 1.60 bits per heavy atom. The maximum atomic E-state index is 10.8. The highest BCUT2D eigenvalue weighted by Crippen LogP contribution is 2.37. The van der Waals surface area contributed by atoms with Crippen LogP contribution in [0.5, 0.6) is 0 Å². The number of nitrogens with one attached hydrogen (secondary N) is 1. The van der Waals surface area contributed by atoms with Crippen molar-refractivity contribution in [2.75, 3.05) is 23.5 Å². The van der Waals surface area contributed by atoms with Gasteiger partial charge in [0.2, 0.25) is 0 Å². The molecule has 0 aliphatic carbocycles. The molecule has 0 amide bonds. The minimum Gasteiger partial charge on any atom is -0.768 e. The van der Waals surface area contributed by atoms with Gasteiger partial charge in [-0.15, -0.1) is 11.8 Å². The highest BCUT2D eigenvalue weighted by molar-refractivity contribution is 7.99. The van der Waals surface area contributed by atoms with Gasteiger partial charge in [-0.2, -0.15) is 0 Å². The van der Waals surface area contributed by atoms with Crippen molar-refractivity contribution < 1.29 is 8.76 Å². The van der Waals surface area contributed by atoms with Crippen LogP contribution in [0.3, 0.4) is 0 Å². The average molecular weight is 243 g/mol. The van der Waals surface area contributed by atoms with Crippen LogP contribution in [0.1, 0.15) is 0 Å². The summed E-state index contributed by atoms with van der Waals surface area (Å²) in [5.74, 6) is 0. The van der Waals surface area contributed by atoms with Crippen LogP contribution in [0.4, 0.5) is 11.4 Å². The number of benzene rings is 1. The first-order chi connectivity index (χ1) is 7.13. The van der Waals surface area contributed by atoms with E-state index in [2.05, 4.69) is 5.32 Å². The zero-order valence-corrected chi connectivity index (χ0v) is 10.0. The Kier molecular flexibility index (Phi) is 2.90. The molecule has 1 heterocycles. The number of nitrogens with zero attached hydrogens (tertiary/aromatic N) is 1. The lowest BCUT2D eigenvalue weighted by Gasteiger charge is -2.19. The van der Waals surface area contributed by atoms with E-state index in [1.54, 1.807) is 30.0 Å². The lowest BCUT2D eigenvalue weighted by atomic mass is 10.3. The van der Waals surface area contributed by atoms with Crippen LogP contribution >= 0.6 is 11.8 Å². The Morgan fingerprint density at radius 3 is 2.93 bits per heavy atom. The van der Waals surface area contributed by atoms with Gasteiger partial charge in [-0.3, -0.25) is 4.21 Å². The van der Waals surface area contributed by atoms with Crippen molar-refractivity contribution in [3.05, 3.63) is 18.2 Å². The highest BCUT2D eigenvalue weighted by atomic mass is 32.2. The summed E-state index contributed by atoms with van der Waals surface area (Å²) in [6.07, 6.45) is 2.01. The minimum atomic E-state index is -2.16. The predicted molar refractivity (Wildman–Crippen MR) is 63.0 cm³/mol. The van der Waals surface area contributed by atoms with Gasteiger partial charge in [0.1, 0.15) is 5.50 Å². The van der Waals surface area contributed by atoms with E-state index in [1.165, 1.54) is 0 Å². The Bertz CT molecular complexity index is 411. The van der Waals surface area contributed by atoms with Gasteiger partial charge in [-0.25, -0.2) is 0 Å². The van der Waals surface area contributed by atoms with Crippen LogP contribution in [0.25, 0.3) is 0 Å². The fraction of sp³-hybridized carbons (Fsp3) is 0.333. The lowest BCUT2D eigenvalue weighted by Crippen LogP contribution is -2.28. The van der Waals surface area contributed by atoms with Crippen molar-refractivity contribution in [3.8, 4) is 0 Å². The first kappa shape index (κ1) is 10.8. The summed E-state index contributed by atoms with van der Waals surface area (Å²) in [7, 11) is 1.94. The molecule has 1 aromatic carbocycles. The average Bonchev–Trinajstić information content (AvgIpc) is 2.55. The number of thioether (sulfide) groups is 1. The van der Waals surface area contributed by atoms with Gasteiger partial charge in [0.25, 0.3) is 0 Å². The molecule has 2 unspecified atom stereocenters. The van der Waals surface area contributed by atoms with E-state index in [0.717, 1.165) is 11.4 Å². The van der Waals surface area contributed by atoms with E-state index in [1.807, 2.05) is 18.2 Å². The van der Waals surface area contributed by atoms with E-state index in [-0.39, 0.29) is 5.50 Å². The SMILES string of the molecule is CSC1Nc2ccc(S(=O)[O-])cc2N1C. The Morgan fingerprint density at radius 2 is 2.33 bits per heavy atom. The molecular weight excluding hydrogens is 232 g/mol. The molecule has 0 saturated heterocycles. The second kappa shape index (κ2) is 4.03. The van der Waals surface area contributed by atoms with Crippen LogP contribution in [0.2, 0.25) is 0 Å². The van der Waals surface area contributed by atoms with Crippen molar-refractivity contribution >= 4 is 34.2 Å². The number of rotatable bonds is 2. The third-order valence-corrected chi connectivity index (χ3v) is 3.92. The van der Waals surface area contributed by atoms with Crippen molar-refractivity contribution in [1.29, 1.82) is 0 Å². The summed E-state index contributed by atoms with van der Waals surface area (Å²) in [6, 6.07) is 5.08. The molecule has 0 aromatic heterocycles. The van der Waals surface area contributed by atoms with Crippen molar-refractivity contribution in [2.24, 2.45) is 0 Å². The molecule has 1 aromatic rings. The molecule has 4 nitrogen and oxygen atoms in total. The van der Waals surface area contributed by atoms with Crippen molar-refractivity contribution in [3.63, 3.8) is 0 Å². The molecule has 15 heavy (non-hydrogen) atoms. The van der Waals surface area contributed by atoms with E-state index >= 15 is 0 Å². The van der Waals surface area contributed by atoms with Gasteiger partial charge in [0.05, 0.1) is 11.4 Å². The summed E-state index contributed by atoms with van der Waals surface area (Å²) < 4.78 is 21.6. The van der Waals surface area contributed by atoms with Crippen molar-refractivity contribution in [2.45, 2.75) is 10.4 Å². The smallest absolute Gasteiger partial charge is 0.147 e. The maximum Gasteiger partial charge on any atom is 0.147 e. The number of hydrogen-bond acceptors (Lipinski definition) is 5. The first-order valence-electron chi connectivity index (χ1n) is 4.39. The van der Waals surface area contributed by atoms with Crippen molar-refractivity contribution in [1.82, 2.24) is 0 Å². The van der Waals surface area contributed by atoms with E-state index in [4.69, 9.17) is 0 Å². The molecule has 2 atom stereocenters. The summed E-state index contributed by atoms with van der Waals surface area (Å²) in [4.78, 5) is 2.35. The van der Waals surface area contributed by atoms with Crippen LogP contribution in [0.15, 0.2) is 23.1 Å². The van der Waals surface area contributed by atoms with Crippen LogP contribution in [-0.2, 0) is 11.1 Å². The zero-order valence-electron chi connectivity index (χ0n) is 8.39. The predicted octanol–water partition coefficient (Wildman–Crippen LogP) is 1.43. The second-order valence-corrected chi connectivity index (χ2v) is 5.12. The normalized spacial score (nSPS) is 21.0. The topological polar surface area (TPSA) is 55.4 Å². The highest BCUT2D eigenvalue weighted by Gasteiger charge is 2.24. The van der Waals surface area contributed by atoms with E-state index < -0.39 is 11.1 Å². The van der Waals surface area contributed by atoms with Crippen LogP contribution in [0, 0.1) is 0 Å². The lowest BCUT2D eigenvalue weighted by molar-refractivity contribution is 0.537. The van der Waals surface area contributed by atoms with Gasteiger partial charge in [-0.05, 0) is 35.5 Å². The molecule has 1 aliphatic rings. The van der Waals surface area contributed by atoms with E-state index in [0.29, 0.717) is 4.90 Å². The molecule has 1 aliphatic heterocycles. The molecule has 0 bridgehead atoms. The number of hydrogen-bond donors (Lipinski definition) is 1. The molecule has 82 valence electrons. The molecule has 0 fully saturated rings. The molecule has 1 N–H and O–H groups in total. The molecule has 0 saturated carbocycles. The molecule has 0 radical (unpaired) electrons. The van der Waals surface area contributed by atoms with Gasteiger partial charge in [0, 0.05) is 11.9 Å². The van der Waals surface area contributed by atoms with Gasteiger partial charge in [0.15, 0.2) is 0 Å². The third kappa shape index (κ3) is 1.84. The summed E-state index contributed by atoms with van der Waals surface area (Å²) in [6.45, 7) is 0. The Hall–Kier alpha value is -0.720. The second-order valence-electron chi connectivity index (χ2n) is 3.26. The fourth-order valence-corrected chi connectivity index (χ4v) is 2.66. The summed E-state index contributed by atoms with van der Waals surface area (Å²) in [5, 5.41) is 3.29.